The monoisotopic (exact) mass is 257 g/mol. The van der Waals surface area contributed by atoms with Gasteiger partial charge in [-0.3, -0.25) is 4.90 Å². The third-order valence-electron chi connectivity index (χ3n) is 3.55. The molecule has 0 aromatic carbocycles. The van der Waals surface area contributed by atoms with Gasteiger partial charge in [-0.2, -0.15) is 0 Å². The number of nitrogens with zero attached hydrogens (tertiary/aromatic N) is 1. The number of unbranched alkanes of at least 4 members (excludes halogenated alkanes) is 6. The van der Waals surface area contributed by atoms with Crippen molar-refractivity contribution in [2.75, 3.05) is 46.1 Å². The minimum absolute atomic E-state index is 0.885. The highest BCUT2D eigenvalue weighted by Crippen LogP contribution is 2.06. The van der Waals surface area contributed by atoms with E-state index in [0.29, 0.717) is 0 Å². The minimum atomic E-state index is 0.885. The first kappa shape index (κ1) is 15.9. The van der Waals surface area contributed by atoms with Crippen LogP contribution in [0.4, 0.5) is 0 Å². The summed E-state index contributed by atoms with van der Waals surface area (Å²) in [6, 6.07) is 0. The zero-order valence-corrected chi connectivity index (χ0v) is 12.2. The number of hydrogen-bond acceptors (Lipinski definition) is 3. The van der Waals surface area contributed by atoms with Crippen LogP contribution in [0.2, 0.25) is 0 Å². The Morgan fingerprint density at radius 1 is 0.889 bits per heavy atom. The lowest BCUT2D eigenvalue weighted by atomic mass is 10.1. The predicted octanol–water partition coefficient (Wildman–Crippen LogP) is 3.09. The van der Waals surface area contributed by atoms with Crippen molar-refractivity contribution in [3.05, 3.63) is 0 Å². The summed E-state index contributed by atoms with van der Waals surface area (Å²) in [5.74, 6) is 0. The highest BCUT2D eigenvalue weighted by Gasteiger charge is 2.08. The van der Waals surface area contributed by atoms with Crippen molar-refractivity contribution >= 4 is 0 Å². The van der Waals surface area contributed by atoms with Gasteiger partial charge in [0.2, 0.25) is 0 Å². The molecular weight excluding hydrogens is 226 g/mol. The van der Waals surface area contributed by atoms with Crippen molar-refractivity contribution in [2.24, 2.45) is 0 Å². The van der Waals surface area contributed by atoms with Gasteiger partial charge in [-0.15, -0.1) is 0 Å². The number of rotatable bonds is 11. The maximum absolute atomic E-state index is 5.68. The molecule has 1 fully saturated rings. The Kier molecular flexibility index (Phi) is 10.6. The van der Waals surface area contributed by atoms with Gasteiger partial charge in [0.1, 0.15) is 0 Å². The van der Waals surface area contributed by atoms with Gasteiger partial charge < -0.3 is 9.47 Å². The van der Waals surface area contributed by atoms with Gasteiger partial charge in [0.15, 0.2) is 0 Å². The van der Waals surface area contributed by atoms with Crippen molar-refractivity contribution in [3.8, 4) is 0 Å². The fourth-order valence-corrected chi connectivity index (χ4v) is 2.28. The lowest BCUT2D eigenvalue weighted by Crippen LogP contribution is -2.38. The van der Waals surface area contributed by atoms with E-state index >= 15 is 0 Å². The first-order valence-corrected chi connectivity index (χ1v) is 7.81. The molecule has 0 aromatic heterocycles. The second kappa shape index (κ2) is 11.9. The Morgan fingerprint density at radius 3 is 2.28 bits per heavy atom. The quantitative estimate of drug-likeness (QED) is 0.531. The van der Waals surface area contributed by atoms with E-state index in [1.807, 2.05) is 0 Å². The second-order valence-electron chi connectivity index (χ2n) is 5.19. The van der Waals surface area contributed by atoms with Gasteiger partial charge in [-0.25, -0.2) is 0 Å². The van der Waals surface area contributed by atoms with Crippen molar-refractivity contribution in [2.45, 2.75) is 51.9 Å². The Bertz CT molecular complexity index is 170. The van der Waals surface area contributed by atoms with Crippen molar-refractivity contribution in [1.82, 2.24) is 4.90 Å². The maximum atomic E-state index is 5.68. The SMILES string of the molecule is CCCCCCCCCOCCN1CCOCC1. The van der Waals surface area contributed by atoms with Crippen LogP contribution < -0.4 is 0 Å². The van der Waals surface area contributed by atoms with Crippen molar-refractivity contribution in [1.29, 1.82) is 0 Å². The molecule has 0 N–H and O–H groups in total. The maximum Gasteiger partial charge on any atom is 0.0594 e. The molecule has 0 aliphatic carbocycles. The van der Waals surface area contributed by atoms with Crippen LogP contribution in [0.25, 0.3) is 0 Å². The van der Waals surface area contributed by atoms with E-state index in [1.54, 1.807) is 0 Å². The molecule has 0 radical (unpaired) electrons. The summed E-state index contributed by atoms with van der Waals surface area (Å²) in [7, 11) is 0. The lowest BCUT2D eigenvalue weighted by molar-refractivity contribution is 0.0200. The molecule has 0 atom stereocenters. The molecule has 1 rings (SSSR count). The van der Waals surface area contributed by atoms with E-state index < -0.39 is 0 Å². The Balaban J connectivity index is 1.73. The molecule has 18 heavy (non-hydrogen) atoms. The van der Waals surface area contributed by atoms with Gasteiger partial charge in [0.25, 0.3) is 0 Å². The minimum Gasteiger partial charge on any atom is -0.380 e. The molecule has 3 heteroatoms. The average Bonchev–Trinajstić information content (AvgIpc) is 2.42. The van der Waals surface area contributed by atoms with E-state index in [2.05, 4.69) is 11.8 Å². The molecule has 3 nitrogen and oxygen atoms in total. The lowest BCUT2D eigenvalue weighted by Gasteiger charge is -2.26. The van der Waals surface area contributed by atoms with Gasteiger partial charge in [-0.1, -0.05) is 45.4 Å². The summed E-state index contributed by atoms with van der Waals surface area (Å²) in [5, 5.41) is 0. The van der Waals surface area contributed by atoms with Crippen LogP contribution in [0.1, 0.15) is 51.9 Å². The van der Waals surface area contributed by atoms with E-state index in [1.165, 1.54) is 44.9 Å². The molecule has 1 heterocycles. The third kappa shape index (κ3) is 8.90. The average molecular weight is 257 g/mol. The fourth-order valence-electron chi connectivity index (χ4n) is 2.28. The summed E-state index contributed by atoms with van der Waals surface area (Å²) in [6.07, 6.45) is 9.50. The smallest absolute Gasteiger partial charge is 0.0594 e. The molecule has 1 saturated heterocycles. The summed E-state index contributed by atoms with van der Waals surface area (Å²) >= 11 is 0. The number of morpholine rings is 1. The molecule has 0 aromatic rings. The van der Waals surface area contributed by atoms with Crippen LogP contribution in [-0.2, 0) is 9.47 Å². The van der Waals surface area contributed by atoms with Crippen LogP contribution in [0, 0.1) is 0 Å². The largest absolute Gasteiger partial charge is 0.380 e. The summed E-state index contributed by atoms with van der Waals surface area (Å²) in [5.41, 5.74) is 0. The van der Waals surface area contributed by atoms with Crippen LogP contribution in [0.15, 0.2) is 0 Å². The molecule has 0 amide bonds. The van der Waals surface area contributed by atoms with Crippen molar-refractivity contribution < 1.29 is 9.47 Å². The second-order valence-corrected chi connectivity index (χ2v) is 5.19. The van der Waals surface area contributed by atoms with Crippen LogP contribution >= 0.6 is 0 Å². The Hall–Kier alpha value is -0.120. The predicted molar refractivity (Wildman–Crippen MR) is 76.1 cm³/mol. The highest BCUT2D eigenvalue weighted by atomic mass is 16.5. The highest BCUT2D eigenvalue weighted by molar-refractivity contribution is 4.60. The molecule has 0 saturated carbocycles. The summed E-state index contributed by atoms with van der Waals surface area (Å²) in [4.78, 5) is 2.42. The van der Waals surface area contributed by atoms with E-state index in [-0.39, 0.29) is 0 Å². The number of ether oxygens (including phenoxy) is 2. The van der Waals surface area contributed by atoms with Gasteiger partial charge in [-0.05, 0) is 6.42 Å². The topological polar surface area (TPSA) is 21.7 Å². The Morgan fingerprint density at radius 2 is 1.56 bits per heavy atom. The molecule has 108 valence electrons. The number of hydrogen-bond donors (Lipinski definition) is 0. The van der Waals surface area contributed by atoms with Gasteiger partial charge in [0, 0.05) is 26.2 Å². The first-order chi connectivity index (χ1) is 8.93. The van der Waals surface area contributed by atoms with E-state index in [0.717, 1.165) is 46.1 Å². The van der Waals surface area contributed by atoms with Gasteiger partial charge >= 0.3 is 0 Å². The molecule has 1 aliphatic rings. The third-order valence-corrected chi connectivity index (χ3v) is 3.55. The standard InChI is InChI=1S/C15H31NO2/c1-2-3-4-5-6-7-8-12-17-13-9-16-10-14-18-15-11-16/h2-15H2,1H3. The van der Waals surface area contributed by atoms with E-state index in [4.69, 9.17) is 9.47 Å². The van der Waals surface area contributed by atoms with Crippen LogP contribution in [0.5, 0.6) is 0 Å². The van der Waals surface area contributed by atoms with Crippen LogP contribution in [-0.4, -0.2) is 51.0 Å². The molecule has 0 spiro atoms. The van der Waals surface area contributed by atoms with E-state index in [9.17, 15) is 0 Å². The van der Waals surface area contributed by atoms with Crippen molar-refractivity contribution in [3.63, 3.8) is 0 Å². The van der Waals surface area contributed by atoms with Crippen LogP contribution in [0.3, 0.4) is 0 Å². The first-order valence-electron chi connectivity index (χ1n) is 7.81. The summed E-state index contributed by atoms with van der Waals surface area (Å²) in [6.45, 7) is 9.08. The molecular formula is C15H31NO2. The zero-order valence-electron chi connectivity index (χ0n) is 12.2. The molecule has 1 aliphatic heterocycles. The Labute approximate surface area is 113 Å². The zero-order chi connectivity index (χ0) is 12.9. The van der Waals surface area contributed by atoms with Gasteiger partial charge in [0.05, 0.1) is 19.8 Å². The fraction of sp³-hybridized carbons (Fsp3) is 1.00. The molecule has 0 unspecified atom stereocenters. The summed E-state index contributed by atoms with van der Waals surface area (Å²) < 4.78 is 11.0. The molecule has 0 bridgehead atoms. The normalized spacial score (nSPS) is 17.2.